The highest BCUT2D eigenvalue weighted by atomic mass is 79.9. The van der Waals surface area contributed by atoms with Gasteiger partial charge in [0.15, 0.2) is 0 Å². The lowest BCUT2D eigenvalue weighted by molar-refractivity contribution is -0.119. The van der Waals surface area contributed by atoms with Crippen molar-refractivity contribution in [3.05, 3.63) is 46.5 Å². The van der Waals surface area contributed by atoms with Crippen LogP contribution in [0.15, 0.2) is 40.9 Å². The Hall–Kier alpha value is -0.890. The Morgan fingerprint density at radius 1 is 1.35 bits per heavy atom. The van der Waals surface area contributed by atoms with E-state index >= 15 is 0 Å². The molecule has 90 valence electrons. The summed E-state index contributed by atoms with van der Waals surface area (Å²) in [6, 6.07) is 10.1. The van der Waals surface area contributed by atoms with E-state index < -0.39 is 0 Å². The number of rotatable bonds is 3. The van der Waals surface area contributed by atoms with Crippen molar-refractivity contribution in [3.8, 4) is 0 Å². The van der Waals surface area contributed by atoms with E-state index in [9.17, 15) is 4.79 Å². The standard InChI is InChI=1S/C15H17BrO/c1-11(17)15(12-7-3-2-4-8-12)13-9-5-6-10-14(13)16/h2-4,7-8,10,13,15H,5-6,9H2,1H3. The molecule has 1 aliphatic carbocycles. The highest BCUT2D eigenvalue weighted by Crippen LogP contribution is 2.40. The second kappa shape index (κ2) is 5.63. The zero-order chi connectivity index (χ0) is 12.3. The van der Waals surface area contributed by atoms with E-state index in [2.05, 4.69) is 34.1 Å². The molecule has 0 aliphatic heterocycles. The number of Topliss-reactive ketones (excluding diaryl/α,β-unsaturated/α-hetero) is 1. The smallest absolute Gasteiger partial charge is 0.137 e. The lowest BCUT2D eigenvalue weighted by Gasteiger charge is -2.28. The molecule has 1 aromatic rings. The van der Waals surface area contributed by atoms with Crippen LogP contribution >= 0.6 is 15.9 Å². The van der Waals surface area contributed by atoms with Gasteiger partial charge in [0.05, 0.1) is 0 Å². The third-order valence-electron chi connectivity index (χ3n) is 3.41. The summed E-state index contributed by atoms with van der Waals surface area (Å²) < 4.78 is 1.20. The van der Waals surface area contributed by atoms with Gasteiger partial charge in [0.1, 0.15) is 5.78 Å². The van der Waals surface area contributed by atoms with Gasteiger partial charge in [-0.3, -0.25) is 4.79 Å². The fourth-order valence-corrected chi connectivity index (χ4v) is 3.33. The quantitative estimate of drug-likeness (QED) is 0.805. The van der Waals surface area contributed by atoms with Crippen molar-refractivity contribution in [2.45, 2.75) is 32.1 Å². The Morgan fingerprint density at radius 3 is 2.65 bits per heavy atom. The maximum Gasteiger partial charge on any atom is 0.137 e. The van der Waals surface area contributed by atoms with Crippen molar-refractivity contribution in [2.75, 3.05) is 0 Å². The highest BCUT2D eigenvalue weighted by molar-refractivity contribution is 9.11. The first-order chi connectivity index (χ1) is 8.20. The summed E-state index contributed by atoms with van der Waals surface area (Å²) in [6.07, 6.45) is 5.61. The Balaban J connectivity index is 2.33. The van der Waals surface area contributed by atoms with Crippen LogP contribution in [0.2, 0.25) is 0 Å². The van der Waals surface area contributed by atoms with Crippen LogP contribution < -0.4 is 0 Å². The van der Waals surface area contributed by atoms with Gasteiger partial charge < -0.3 is 0 Å². The van der Waals surface area contributed by atoms with Gasteiger partial charge in [-0.25, -0.2) is 0 Å². The molecule has 0 N–H and O–H groups in total. The predicted molar refractivity (Wildman–Crippen MR) is 74.2 cm³/mol. The van der Waals surface area contributed by atoms with Crippen LogP contribution in [0, 0.1) is 5.92 Å². The lowest BCUT2D eigenvalue weighted by Crippen LogP contribution is -2.21. The Labute approximate surface area is 111 Å². The molecule has 2 rings (SSSR count). The van der Waals surface area contributed by atoms with E-state index in [1.54, 1.807) is 6.92 Å². The van der Waals surface area contributed by atoms with Crippen LogP contribution in [0.1, 0.15) is 37.7 Å². The van der Waals surface area contributed by atoms with Crippen molar-refractivity contribution in [2.24, 2.45) is 5.92 Å². The second-order valence-corrected chi connectivity index (χ2v) is 5.54. The van der Waals surface area contributed by atoms with Crippen molar-refractivity contribution < 1.29 is 4.79 Å². The van der Waals surface area contributed by atoms with E-state index in [1.807, 2.05) is 18.2 Å². The number of ketones is 1. The molecule has 0 spiro atoms. The molecule has 0 amide bonds. The molecule has 1 aliphatic rings. The summed E-state index contributed by atoms with van der Waals surface area (Å²) in [4.78, 5) is 11.9. The van der Waals surface area contributed by atoms with Gasteiger partial charge in [-0.2, -0.15) is 0 Å². The summed E-state index contributed by atoms with van der Waals surface area (Å²) in [7, 11) is 0. The largest absolute Gasteiger partial charge is 0.299 e. The fraction of sp³-hybridized carbons (Fsp3) is 0.400. The molecule has 0 saturated carbocycles. The zero-order valence-electron chi connectivity index (χ0n) is 10.0. The van der Waals surface area contributed by atoms with Gasteiger partial charge in [-0.1, -0.05) is 52.3 Å². The third-order valence-corrected chi connectivity index (χ3v) is 4.32. The molecule has 0 saturated heterocycles. The van der Waals surface area contributed by atoms with Crippen molar-refractivity contribution >= 4 is 21.7 Å². The molecule has 2 atom stereocenters. The number of hydrogen-bond acceptors (Lipinski definition) is 1. The summed E-state index contributed by atoms with van der Waals surface area (Å²) in [5.41, 5.74) is 1.14. The average molecular weight is 293 g/mol. The van der Waals surface area contributed by atoms with E-state index in [0.717, 1.165) is 18.4 Å². The molecule has 0 bridgehead atoms. The summed E-state index contributed by atoms with van der Waals surface area (Å²) in [5, 5.41) is 0. The first kappa shape index (κ1) is 12.6. The van der Waals surface area contributed by atoms with Gasteiger partial charge in [-0.05, 0) is 36.2 Å². The molecule has 17 heavy (non-hydrogen) atoms. The number of benzene rings is 1. The van der Waals surface area contributed by atoms with E-state index in [4.69, 9.17) is 0 Å². The zero-order valence-corrected chi connectivity index (χ0v) is 11.6. The van der Waals surface area contributed by atoms with E-state index in [1.165, 1.54) is 10.9 Å². The Morgan fingerprint density at radius 2 is 2.06 bits per heavy atom. The minimum Gasteiger partial charge on any atom is -0.299 e. The highest BCUT2D eigenvalue weighted by Gasteiger charge is 2.30. The van der Waals surface area contributed by atoms with Crippen molar-refractivity contribution in [1.82, 2.24) is 0 Å². The average Bonchev–Trinajstić information content (AvgIpc) is 2.33. The van der Waals surface area contributed by atoms with Gasteiger partial charge in [-0.15, -0.1) is 0 Å². The summed E-state index contributed by atoms with van der Waals surface area (Å²) >= 11 is 3.63. The molecule has 1 nitrogen and oxygen atoms in total. The molecule has 0 heterocycles. The van der Waals surface area contributed by atoms with E-state index in [0.29, 0.717) is 5.92 Å². The fourth-order valence-electron chi connectivity index (χ4n) is 2.60. The monoisotopic (exact) mass is 292 g/mol. The number of allylic oxidation sites excluding steroid dienone is 2. The first-order valence-electron chi connectivity index (χ1n) is 6.11. The first-order valence-corrected chi connectivity index (χ1v) is 6.90. The number of carbonyl (C=O) groups excluding carboxylic acids is 1. The Kier molecular flexibility index (Phi) is 4.16. The number of halogens is 1. The van der Waals surface area contributed by atoms with Crippen LogP contribution in [-0.2, 0) is 4.79 Å². The van der Waals surface area contributed by atoms with Gasteiger partial charge in [0, 0.05) is 11.8 Å². The second-order valence-electron chi connectivity index (χ2n) is 4.63. The molecule has 2 heteroatoms. The number of carbonyl (C=O) groups is 1. The molecular formula is C15H17BrO. The van der Waals surface area contributed by atoms with Crippen LogP contribution in [0.5, 0.6) is 0 Å². The third kappa shape index (κ3) is 2.86. The molecule has 0 radical (unpaired) electrons. The molecule has 0 aromatic heterocycles. The van der Waals surface area contributed by atoms with Gasteiger partial charge >= 0.3 is 0 Å². The van der Waals surface area contributed by atoms with Crippen molar-refractivity contribution in [3.63, 3.8) is 0 Å². The Bertz CT molecular complexity index is 422. The van der Waals surface area contributed by atoms with E-state index in [-0.39, 0.29) is 11.7 Å². The summed E-state index contributed by atoms with van der Waals surface area (Å²) in [6.45, 7) is 1.70. The normalized spacial score (nSPS) is 21.8. The van der Waals surface area contributed by atoms with Crippen LogP contribution in [0.4, 0.5) is 0 Å². The van der Waals surface area contributed by atoms with Gasteiger partial charge in [0.25, 0.3) is 0 Å². The SMILES string of the molecule is CC(=O)C(c1ccccc1)C1CCCC=C1Br. The predicted octanol–water partition coefficient (Wildman–Crippen LogP) is 4.44. The summed E-state index contributed by atoms with van der Waals surface area (Å²) in [5.74, 6) is 0.583. The number of hydrogen-bond donors (Lipinski definition) is 0. The van der Waals surface area contributed by atoms with Crippen LogP contribution in [-0.4, -0.2) is 5.78 Å². The minimum absolute atomic E-state index is 0.00197. The van der Waals surface area contributed by atoms with Crippen LogP contribution in [0.25, 0.3) is 0 Å². The molecule has 1 aromatic carbocycles. The topological polar surface area (TPSA) is 17.1 Å². The van der Waals surface area contributed by atoms with Crippen molar-refractivity contribution in [1.29, 1.82) is 0 Å². The maximum atomic E-state index is 11.9. The molecule has 0 fully saturated rings. The lowest BCUT2D eigenvalue weighted by atomic mass is 9.78. The molecular weight excluding hydrogens is 276 g/mol. The van der Waals surface area contributed by atoms with Gasteiger partial charge in [0.2, 0.25) is 0 Å². The molecule has 2 unspecified atom stereocenters. The van der Waals surface area contributed by atoms with Crippen LogP contribution in [0.3, 0.4) is 0 Å². The minimum atomic E-state index is 0.00197. The maximum absolute atomic E-state index is 11.9.